The van der Waals surface area contributed by atoms with Crippen molar-refractivity contribution < 1.29 is 9.90 Å². The second-order valence-electron chi connectivity index (χ2n) is 6.82. The lowest BCUT2D eigenvalue weighted by Gasteiger charge is -2.26. The lowest BCUT2D eigenvalue weighted by Crippen LogP contribution is -2.46. The number of aliphatic hydroxyl groups is 1. The number of nitrogens with zero attached hydrogens (tertiary/aromatic N) is 1. The van der Waals surface area contributed by atoms with Crippen molar-refractivity contribution in [3.8, 4) is 0 Å². The van der Waals surface area contributed by atoms with Crippen molar-refractivity contribution in [2.24, 2.45) is 11.3 Å². The average Bonchev–Trinajstić information content (AvgIpc) is 2.70. The van der Waals surface area contributed by atoms with Gasteiger partial charge >= 0.3 is 0 Å². The molecule has 0 bridgehead atoms. The van der Waals surface area contributed by atoms with Crippen LogP contribution in [0.25, 0.3) is 0 Å². The number of halogens is 2. The lowest BCUT2D eigenvalue weighted by atomic mass is 9.82. The fraction of sp³-hybridized carbons (Fsp3) is 0.923. The van der Waals surface area contributed by atoms with Gasteiger partial charge in [-0.3, -0.25) is 9.69 Å². The van der Waals surface area contributed by atoms with Crippen LogP contribution < -0.4 is 10.6 Å². The van der Waals surface area contributed by atoms with Crippen LogP contribution in [-0.2, 0) is 4.79 Å². The van der Waals surface area contributed by atoms with Gasteiger partial charge in [-0.25, -0.2) is 0 Å². The Morgan fingerprint density at radius 1 is 1.45 bits per heavy atom. The van der Waals surface area contributed by atoms with E-state index in [0.717, 1.165) is 26.2 Å². The Hall–Kier alpha value is -0.0700. The monoisotopic (exact) mass is 327 g/mol. The van der Waals surface area contributed by atoms with Gasteiger partial charge in [-0.1, -0.05) is 0 Å². The lowest BCUT2D eigenvalue weighted by molar-refractivity contribution is -0.123. The van der Waals surface area contributed by atoms with Gasteiger partial charge < -0.3 is 15.7 Å². The standard InChI is InChI=1S/C13H25N3O2.2ClH/c1-12(2,3)15-11(18)6-16-5-10-4-14-7-13(10,8-16)9-17;;/h10,14,17H,4-9H2,1-3H3,(H,15,18);2*1H. The maximum absolute atomic E-state index is 11.9. The molecule has 7 heteroatoms. The van der Waals surface area contributed by atoms with Crippen LogP contribution >= 0.6 is 24.8 Å². The summed E-state index contributed by atoms with van der Waals surface area (Å²) < 4.78 is 0. The summed E-state index contributed by atoms with van der Waals surface area (Å²) >= 11 is 0. The third kappa shape index (κ3) is 4.46. The van der Waals surface area contributed by atoms with Gasteiger partial charge in [0.2, 0.25) is 5.91 Å². The maximum atomic E-state index is 11.9. The fourth-order valence-corrected chi connectivity index (χ4v) is 3.14. The molecule has 0 aromatic carbocycles. The smallest absolute Gasteiger partial charge is 0.234 e. The van der Waals surface area contributed by atoms with E-state index in [-0.39, 0.29) is 48.3 Å². The number of carbonyl (C=O) groups excluding carboxylic acids is 1. The zero-order chi connectivity index (χ0) is 13.4. The van der Waals surface area contributed by atoms with Crippen LogP contribution in [0.1, 0.15) is 20.8 Å². The molecular weight excluding hydrogens is 301 g/mol. The van der Waals surface area contributed by atoms with Crippen LogP contribution in [0.4, 0.5) is 0 Å². The second kappa shape index (κ2) is 7.27. The number of hydrogen-bond acceptors (Lipinski definition) is 4. The number of rotatable bonds is 3. The molecule has 2 unspecified atom stereocenters. The molecule has 0 aromatic rings. The largest absolute Gasteiger partial charge is 0.396 e. The number of amides is 1. The molecule has 2 aliphatic heterocycles. The highest BCUT2D eigenvalue weighted by atomic mass is 35.5. The summed E-state index contributed by atoms with van der Waals surface area (Å²) in [6, 6.07) is 0. The van der Waals surface area contributed by atoms with E-state index in [1.165, 1.54) is 0 Å². The van der Waals surface area contributed by atoms with Gasteiger partial charge in [0.25, 0.3) is 0 Å². The summed E-state index contributed by atoms with van der Waals surface area (Å²) in [5, 5.41) is 15.9. The predicted octanol–water partition coefficient (Wildman–Crippen LogP) is 0.258. The molecule has 3 N–H and O–H groups in total. The SMILES string of the molecule is CC(C)(C)NC(=O)CN1CC2CNCC2(CO)C1.Cl.Cl. The minimum Gasteiger partial charge on any atom is -0.396 e. The van der Waals surface area contributed by atoms with Crippen molar-refractivity contribution in [1.82, 2.24) is 15.5 Å². The summed E-state index contributed by atoms with van der Waals surface area (Å²) in [5.74, 6) is 0.549. The van der Waals surface area contributed by atoms with Crippen LogP contribution in [-0.4, -0.2) is 60.8 Å². The van der Waals surface area contributed by atoms with E-state index in [1.54, 1.807) is 0 Å². The summed E-state index contributed by atoms with van der Waals surface area (Å²) in [5.41, 5.74) is -0.203. The average molecular weight is 328 g/mol. The molecule has 0 spiro atoms. The Kier molecular flexibility index (Phi) is 7.25. The first kappa shape index (κ1) is 19.9. The molecule has 2 fully saturated rings. The Morgan fingerprint density at radius 3 is 2.60 bits per heavy atom. The maximum Gasteiger partial charge on any atom is 0.234 e. The fourth-order valence-electron chi connectivity index (χ4n) is 3.14. The first-order valence-corrected chi connectivity index (χ1v) is 6.70. The van der Waals surface area contributed by atoms with Crippen molar-refractivity contribution >= 4 is 30.7 Å². The molecule has 0 aliphatic carbocycles. The minimum atomic E-state index is -0.178. The van der Waals surface area contributed by atoms with E-state index >= 15 is 0 Å². The Balaban J connectivity index is 0.00000180. The summed E-state index contributed by atoms with van der Waals surface area (Å²) in [4.78, 5) is 14.1. The van der Waals surface area contributed by atoms with Gasteiger partial charge in [0.05, 0.1) is 13.2 Å². The number of likely N-dealkylation sites (tertiary alicyclic amines) is 1. The first-order valence-electron chi connectivity index (χ1n) is 6.70. The third-order valence-corrected chi connectivity index (χ3v) is 3.95. The molecule has 2 heterocycles. The van der Waals surface area contributed by atoms with Crippen molar-refractivity contribution in [3.05, 3.63) is 0 Å². The first-order chi connectivity index (χ1) is 8.35. The predicted molar refractivity (Wildman–Crippen MR) is 84.7 cm³/mol. The van der Waals surface area contributed by atoms with Crippen molar-refractivity contribution in [2.45, 2.75) is 26.3 Å². The van der Waals surface area contributed by atoms with Gasteiger partial charge in [0.15, 0.2) is 0 Å². The molecule has 2 rings (SSSR count). The minimum absolute atomic E-state index is 0. The highest BCUT2D eigenvalue weighted by Gasteiger charge is 2.49. The number of hydrogen-bond donors (Lipinski definition) is 3. The van der Waals surface area contributed by atoms with Crippen molar-refractivity contribution in [2.75, 3.05) is 39.3 Å². The number of fused-ring (bicyclic) bond motifs is 1. The van der Waals surface area contributed by atoms with Gasteiger partial charge in [-0.15, -0.1) is 24.8 Å². The molecule has 1 amide bonds. The molecule has 2 atom stereocenters. The van der Waals surface area contributed by atoms with Crippen molar-refractivity contribution in [3.63, 3.8) is 0 Å². The molecule has 5 nitrogen and oxygen atoms in total. The highest BCUT2D eigenvalue weighted by Crippen LogP contribution is 2.38. The zero-order valence-corrected chi connectivity index (χ0v) is 14.1. The van der Waals surface area contributed by atoms with Gasteiger partial charge in [0.1, 0.15) is 0 Å². The molecular formula is C13H27Cl2N3O2. The topological polar surface area (TPSA) is 64.6 Å². The van der Waals surface area contributed by atoms with Gasteiger partial charge in [0, 0.05) is 30.6 Å². The quantitative estimate of drug-likeness (QED) is 0.695. The van der Waals surface area contributed by atoms with E-state index in [4.69, 9.17) is 0 Å². The third-order valence-electron chi connectivity index (χ3n) is 3.95. The highest BCUT2D eigenvalue weighted by molar-refractivity contribution is 5.85. The van der Waals surface area contributed by atoms with E-state index in [0.29, 0.717) is 12.5 Å². The van der Waals surface area contributed by atoms with E-state index < -0.39 is 0 Å². The van der Waals surface area contributed by atoms with Crippen LogP contribution in [0.5, 0.6) is 0 Å². The van der Waals surface area contributed by atoms with Crippen molar-refractivity contribution in [1.29, 1.82) is 0 Å². The number of carbonyl (C=O) groups is 1. The molecule has 0 saturated carbocycles. The van der Waals surface area contributed by atoms with Gasteiger partial charge in [-0.2, -0.15) is 0 Å². The van der Waals surface area contributed by atoms with Crippen LogP contribution in [0, 0.1) is 11.3 Å². The summed E-state index contributed by atoms with van der Waals surface area (Å²) in [6.07, 6.45) is 0. The van der Waals surface area contributed by atoms with Crippen LogP contribution in [0.15, 0.2) is 0 Å². The molecule has 2 saturated heterocycles. The molecule has 120 valence electrons. The summed E-state index contributed by atoms with van der Waals surface area (Å²) in [6.45, 7) is 10.2. The van der Waals surface area contributed by atoms with Crippen LogP contribution in [0.2, 0.25) is 0 Å². The molecule has 20 heavy (non-hydrogen) atoms. The normalized spacial score (nSPS) is 29.3. The number of aliphatic hydroxyl groups excluding tert-OH is 1. The van der Waals surface area contributed by atoms with Gasteiger partial charge in [-0.05, 0) is 33.2 Å². The van der Waals surface area contributed by atoms with E-state index in [9.17, 15) is 9.90 Å². The Labute approximate surface area is 133 Å². The zero-order valence-electron chi connectivity index (χ0n) is 12.4. The second-order valence-corrected chi connectivity index (χ2v) is 6.82. The number of nitrogens with one attached hydrogen (secondary N) is 2. The van der Waals surface area contributed by atoms with Crippen LogP contribution in [0.3, 0.4) is 0 Å². The Morgan fingerprint density at radius 2 is 2.10 bits per heavy atom. The summed E-state index contributed by atoms with van der Waals surface area (Å²) in [7, 11) is 0. The molecule has 0 radical (unpaired) electrons. The van der Waals surface area contributed by atoms with E-state index in [2.05, 4.69) is 15.5 Å². The Bertz CT molecular complexity index is 336. The molecule has 0 aromatic heterocycles. The molecule has 2 aliphatic rings. The van der Waals surface area contributed by atoms with E-state index in [1.807, 2.05) is 20.8 Å².